The molecule has 0 fully saturated rings. The molecule has 100 valence electrons. The van der Waals surface area contributed by atoms with Gasteiger partial charge in [-0.3, -0.25) is 4.79 Å². The van der Waals surface area contributed by atoms with Gasteiger partial charge in [0.15, 0.2) is 0 Å². The Kier molecular flexibility index (Phi) is 3.61. The minimum atomic E-state index is -0.221. The molecule has 6 heteroatoms. The van der Waals surface area contributed by atoms with Gasteiger partial charge in [-0.05, 0) is 6.07 Å². The molecule has 0 saturated carbocycles. The van der Waals surface area contributed by atoms with E-state index in [9.17, 15) is 9.90 Å². The van der Waals surface area contributed by atoms with Gasteiger partial charge in [-0.1, -0.05) is 12.1 Å². The maximum absolute atomic E-state index is 12.0. The van der Waals surface area contributed by atoms with E-state index in [1.165, 1.54) is 6.20 Å². The molecule has 19 heavy (non-hydrogen) atoms. The van der Waals surface area contributed by atoms with E-state index in [1.807, 2.05) is 0 Å². The molecule has 0 atom stereocenters. The van der Waals surface area contributed by atoms with Gasteiger partial charge in [0.05, 0.1) is 11.1 Å². The van der Waals surface area contributed by atoms with Crippen LogP contribution in [0, 0.1) is 0 Å². The number of benzene rings is 1. The van der Waals surface area contributed by atoms with Crippen molar-refractivity contribution >= 4 is 16.8 Å². The molecular weight excluding hydrogens is 244 g/mol. The minimum Gasteiger partial charge on any atom is -0.506 e. The molecule has 2 aromatic rings. The number of phenolic OH excluding ortho intramolecular Hbond substituents is 1. The molecule has 6 nitrogen and oxygen atoms in total. The number of carbonyl (C=O) groups is 1. The van der Waals surface area contributed by atoms with Crippen LogP contribution in [-0.4, -0.2) is 22.5 Å². The first-order valence-corrected chi connectivity index (χ1v) is 5.87. The number of aromatic nitrogens is 1. The van der Waals surface area contributed by atoms with Crippen molar-refractivity contribution in [3.05, 3.63) is 41.9 Å². The summed E-state index contributed by atoms with van der Waals surface area (Å²) < 4.78 is 0. The van der Waals surface area contributed by atoms with Crippen molar-refractivity contribution in [1.29, 1.82) is 0 Å². The van der Waals surface area contributed by atoms with Crippen molar-refractivity contribution < 1.29 is 9.90 Å². The zero-order valence-electron chi connectivity index (χ0n) is 10.3. The third kappa shape index (κ3) is 2.62. The van der Waals surface area contributed by atoms with Crippen LogP contribution in [0.25, 0.3) is 10.9 Å². The fraction of sp³-hybridized carbons (Fsp3) is 0.154. The van der Waals surface area contributed by atoms with Gasteiger partial charge in [-0.25, -0.2) is 0 Å². The average molecular weight is 260 g/mol. The SMILES string of the molecule is N/C=C(\N)CCNC(=O)c1c[nH]c2c(O)cccc12. The molecule has 0 radical (unpaired) electrons. The standard InChI is InChI=1S/C13H16N4O2/c14-6-8(15)4-5-16-13(19)10-7-17-12-9(10)2-1-3-11(12)18/h1-3,6-7,17-18H,4-5,14-15H2,(H,16,19)/b8-6-. The molecule has 1 heterocycles. The number of nitrogens with one attached hydrogen (secondary N) is 2. The fourth-order valence-corrected chi connectivity index (χ4v) is 1.83. The Hall–Kier alpha value is -2.63. The second-order valence-electron chi connectivity index (χ2n) is 4.15. The van der Waals surface area contributed by atoms with Crippen LogP contribution in [0.1, 0.15) is 16.8 Å². The maximum atomic E-state index is 12.0. The summed E-state index contributed by atoms with van der Waals surface area (Å²) in [5, 5.41) is 13.1. The number of phenols is 1. The van der Waals surface area contributed by atoms with Gasteiger partial charge < -0.3 is 26.9 Å². The maximum Gasteiger partial charge on any atom is 0.253 e. The lowest BCUT2D eigenvalue weighted by Gasteiger charge is -2.04. The van der Waals surface area contributed by atoms with Gasteiger partial charge in [0.1, 0.15) is 5.75 Å². The summed E-state index contributed by atoms with van der Waals surface area (Å²) in [5.74, 6) is -0.103. The average Bonchev–Trinajstić information content (AvgIpc) is 2.83. The Bertz CT molecular complexity index is 631. The van der Waals surface area contributed by atoms with Crippen LogP contribution in [0.15, 0.2) is 36.3 Å². The third-order valence-electron chi connectivity index (χ3n) is 2.85. The lowest BCUT2D eigenvalue weighted by atomic mass is 10.1. The molecule has 0 spiro atoms. The number of fused-ring (bicyclic) bond motifs is 1. The highest BCUT2D eigenvalue weighted by atomic mass is 16.3. The largest absolute Gasteiger partial charge is 0.506 e. The van der Waals surface area contributed by atoms with Crippen LogP contribution in [0.2, 0.25) is 0 Å². The van der Waals surface area contributed by atoms with Crippen LogP contribution in [-0.2, 0) is 0 Å². The number of H-pyrrole nitrogens is 1. The second kappa shape index (κ2) is 5.34. The zero-order valence-corrected chi connectivity index (χ0v) is 10.3. The summed E-state index contributed by atoms with van der Waals surface area (Å²) in [6.07, 6.45) is 3.38. The first kappa shape index (κ1) is 12.8. The first-order chi connectivity index (χ1) is 9.13. The van der Waals surface area contributed by atoms with E-state index in [0.717, 1.165) is 0 Å². The van der Waals surface area contributed by atoms with Crippen molar-refractivity contribution in [2.75, 3.05) is 6.54 Å². The third-order valence-corrected chi connectivity index (χ3v) is 2.85. The van der Waals surface area contributed by atoms with E-state index in [0.29, 0.717) is 35.1 Å². The number of aromatic hydroxyl groups is 1. The topological polar surface area (TPSA) is 117 Å². The molecule has 0 bridgehead atoms. The van der Waals surface area contributed by atoms with Gasteiger partial charge in [0.2, 0.25) is 0 Å². The summed E-state index contributed by atoms with van der Waals surface area (Å²) in [7, 11) is 0. The molecule has 7 N–H and O–H groups in total. The predicted octanol–water partition coefficient (Wildman–Crippen LogP) is 0.752. The Labute approximate surface area is 110 Å². The highest BCUT2D eigenvalue weighted by Crippen LogP contribution is 2.25. The lowest BCUT2D eigenvalue weighted by molar-refractivity contribution is 0.0956. The van der Waals surface area contributed by atoms with E-state index in [4.69, 9.17) is 11.5 Å². The number of rotatable bonds is 4. The van der Waals surface area contributed by atoms with Crippen LogP contribution in [0.4, 0.5) is 0 Å². The van der Waals surface area contributed by atoms with Gasteiger partial charge in [-0.2, -0.15) is 0 Å². The van der Waals surface area contributed by atoms with E-state index in [1.54, 1.807) is 24.4 Å². The number of hydrogen-bond acceptors (Lipinski definition) is 4. The highest BCUT2D eigenvalue weighted by Gasteiger charge is 2.13. The number of nitrogens with two attached hydrogens (primary N) is 2. The van der Waals surface area contributed by atoms with Gasteiger partial charge in [0, 0.05) is 36.4 Å². The Morgan fingerprint density at radius 3 is 3.00 bits per heavy atom. The number of amides is 1. The molecule has 0 unspecified atom stereocenters. The molecule has 0 aliphatic rings. The van der Waals surface area contributed by atoms with Crippen LogP contribution in [0.3, 0.4) is 0 Å². The van der Waals surface area contributed by atoms with Crippen molar-refractivity contribution in [2.45, 2.75) is 6.42 Å². The van der Waals surface area contributed by atoms with Gasteiger partial charge in [0.25, 0.3) is 5.91 Å². The fourth-order valence-electron chi connectivity index (χ4n) is 1.83. The normalized spacial score (nSPS) is 11.7. The van der Waals surface area contributed by atoms with E-state index in [-0.39, 0.29) is 11.7 Å². The number of aromatic amines is 1. The first-order valence-electron chi connectivity index (χ1n) is 5.87. The van der Waals surface area contributed by atoms with E-state index in [2.05, 4.69) is 10.3 Å². The Balaban J connectivity index is 2.12. The summed E-state index contributed by atoms with van der Waals surface area (Å²) >= 11 is 0. The van der Waals surface area contributed by atoms with Crippen molar-refractivity contribution in [1.82, 2.24) is 10.3 Å². The van der Waals surface area contributed by atoms with E-state index >= 15 is 0 Å². The molecule has 1 amide bonds. The van der Waals surface area contributed by atoms with Crippen molar-refractivity contribution in [3.8, 4) is 5.75 Å². The number of para-hydroxylation sites is 1. The summed E-state index contributed by atoms with van der Waals surface area (Å²) in [6, 6.07) is 5.03. The number of carbonyl (C=O) groups excluding carboxylic acids is 1. The Morgan fingerprint density at radius 2 is 2.26 bits per heavy atom. The monoisotopic (exact) mass is 260 g/mol. The van der Waals surface area contributed by atoms with E-state index < -0.39 is 0 Å². The second-order valence-corrected chi connectivity index (χ2v) is 4.15. The molecule has 0 aliphatic carbocycles. The minimum absolute atomic E-state index is 0.117. The van der Waals surface area contributed by atoms with Crippen molar-refractivity contribution in [3.63, 3.8) is 0 Å². The molecule has 1 aromatic heterocycles. The van der Waals surface area contributed by atoms with Crippen molar-refractivity contribution in [2.24, 2.45) is 11.5 Å². The quantitative estimate of drug-likeness (QED) is 0.557. The summed E-state index contributed by atoms with van der Waals surface area (Å²) in [4.78, 5) is 14.9. The van der Waals surface area contributed by atoms with Gasteiger partial charge >= 0.3 is 0 Å². The predicted molar refractivity (Wildman–Crippen MR) is 73.4 cm³/mol. The molecular formula is C13H16N4O2. The van der Waals surface area contributed by atoms with Crippen LogP contribution in [0.5, 0.6) is 5.75 Å². The Morgan fingerprint density at radius 1 is 1.47 bits per heavy atom. The highest BCUT2D eigenvalue weighted by molar-refractivity contribution is 6.07. The van der Waals surface area contributed by atoms with Crippen LogP contribution >= 0.6 is 0 Å². The summed E-state index contributed by atoms with van der Waals surface area (Å²) in [6.45, 7) is 0.407. The molecule has 0 saturated heterocycles. The van der Waals surface area contributed by atoms with Gasteiger partial charge in [-0.15, -0.1) is 0 Å². The number of hydrogen-bond donors (Lipinski definition) is 5. The smallest absolute Gasteiger partial charge is 0.253 e. The molecule has 2 rings (SSSR count). The van der Waals surface area contributed by atoms with Crippen LogP contribution < -0.4 is 16.8 Å². The molecule has 1 aromatic carbocycles. The lowest BCUT2D eigenvalue weighted by Crippen LogP contribution is -2.25. The molecule has 0 aliphatic heterocycles. The zero-order chi connectivity index (χ0) is 13.8. The summed E-state index contributed by atoms with van der Waals surface area (Å²) in [5.41, 5.74) is 12.3.